The predicted octanol–water partition coefficient (Wildman–Crippen LogP) is -1.30. The van der Waals surface area contributed by atoms with Gasteiger partial charge in [0.2, 0.25) is 10.0 Å². The molecular weight excluding hydrogens is 280 g/mol. The van der Waals surface area contributed by atoms with Crippen LogP contribution in [-0.2, 0) is 14.8 Å². The second-order valence-electron chi connectivity index (χ2n) is 4.41. The van der Waals surface area contributed by atoms with Gasteiger partial charge in [-0.2, -0.15) is 5.26 Å². The summed E-state index contributed by atoms with van der Waals surface area (Å²) in [7, 11) is -1.90. The Kier molecular flexibility index (Phi) is 5.64. The van der Waals surface area contributed by atoms with Crippen LogP contribution in [0.4, 0.5) is 5.69 Å². The quantitative estimate of drug-likeness (QED) is 0.605. The zero-order valence-electron chi connectivity index (χ0n) is 11.1. The second kappa shape index (κ2) is 7.00. The molecule has 0 heterocycles. The molecule has 1 amide bonds. The summed E-state index contributed by atoms with van der Waals surface area (Å²) in [6.07, 6.45) is 0.391. The van der Waals surface area contributed by atoms with E-state index in [4.69, 9.17) is 10.4 Å². The van der Waals surface area contributed by atoms with Crippen LogP contribution in [-0.4, -0.2) is 34.5 Å². The number of amides is 1. The minimum absolute atomic E-state index is 0.00716. The number of quaternary nitrogens is 1. The molecule has 0 bridgehead atoms. The monoisotopic (exact) mass is 297 g/mol. The number of carbonyl (C=O) groups is 1. The maximum absolute atomic E-state index is 11.7. The first-order chi connectivity index (χ1) is 9.32. The number of nitriles is 1. The van der Waals surface area contributed by atoms with Gasteiger partial charge in [0.05, 0.1) is 31.0 Å². The molecular formula is C12H17N4O3S+. The van der Waals surface area contributed by atoms with Crippen molar-refractivity contribution in [3.63, 3.8) is 0 Å². The van der Waals surface area contributed by atoms with Crippen molar-refractivity contribution in [1.82, 2.24) is 0 Å². The van der Waals surface area contributed by atoms with Crippen molar-refractivity contribution in [3.8, 4) is 6.07 Å². The average Bonchev–Trinajstić information content (AvgIpc) is 2.35. The van der Waals surface area contributed by atoms with E-state index in [1.165, 1.54) is 24.3 Å². The van der Waals surface area contributed by atoms with Crippen LogP contribution in [0.1, 0.15) is 6.42 Å². The highest BCUT2D eigenvalue weighted by Crippen LogP contribution is 2.12. The van der Waals surface area contributed by atoms with Crippen molar-refractivity contribution in [2.45, 2.75) is 11.3 Å². The smallest absolute Gasteiger partial charge is 0.279 e. The number of rotatable bonds is 6. The number of primary sulfonamides is 1. The highest BCUT2D eigenvalue weighted by Gasteiger charge is 2.11. The molecule has 0 radical (unpaired) electrons. The molecule has 8 heteroatoms. The van der Waals surface area contributed by atoms with E-state index in [9.17, 15) is 13.2 Å². The number of nitrogens with one attached hydrogen (secondary N) is 2. The summed E-state index contributed by atoms with van der Waals surface area (Å²) in [4.78, 5) is 12.6. The topological polar surface area (TPSA) is 117 Å². The standard InChI is InChI=1S/C12H16N4O3S/c1-16(8-2-7-13)9-12(17)15-10-3-5-11(6-4-10)20(14,18)19/h3-6H,2,8-9H2,1H3,(H,15,17)(H2,14,18,19)/p+1. The highest BCUT2D eigenvalue weighted by molar-refractivity contribution is 7.89. The molecule has 1 aromatic carbocycles. The highest BCUT2D eigenvalue weighted by atomic mass is 32.2. The third kappa shape index (κ3) is 5.36. The minimum atomic E-state index is -3.72. The van der Waals surface area contributed by atoms with Gasteiger partial charge in [-0.15, -0.1) is 0 Å². The van der Waals surface area contributed by atoms with Gasteiger partial charge in [-0.3, -0.25) is 4.79 Å². The molecule has 108 valence electrons. The van der Waals surface area contributed by atoms with E-state index in [0.717, 1.165) is 4.90 Å². The van der Waals surface area contributed by atoms with E-state index in [0.29, 0.717) is 18.7 Å². The van der Waals surface area contributed by atoms with Crippen LogP contribution in [0.3, 0.4) is 0 Å². The summed E-state index contributed by atoms with van der Waals surface area (Å²) >= 11 is 0. The predicted molar refractivity (Wildman–Crippen MR) is 73.3 cm³/mol. The maximum Gasteiger partial charge on any atom is 0.279 e. The summed E-state index contributed by atoms with van der Waals surface area (Å²) in [5, 5.41) is 16.1. The molecule has 7 nitrogen and oxygen atoms in total. The first kappa shape index (κ1) is 16.1. The van der Waals surface area contributed by atoms with E-state index >= 15 is 0 Å². The summed E-state index contributed by atoms with van der Waals surface area (Å²) in [6.45, 7) is 0.826. The number of hydrogen-bond donors (Lipinski definition) is 3. The second-order valence-corrected chi connectivity index (χ2v) is 5.97. The Balaban J connectivity index is 2.57. The van der Waals surface area contributed by atoms with E-state index in [-0.39, 0.29) is 17.3 Å². The van der Waals surface area contributed by atoms with Crippen molar-refractivity contribution in [2.75, 3.05) is 25.5 Å². The number of benzene rings is 1. The number of likely N-dealkylation sites (N-methyl/N-ethyl adjacent to an activating group) is 1. The number of nitrogens with zero attached hydrogens (tertiary/aromatic N) is 1. The molecule has 0 aliphatic carbocycles. The first-order valence-corrected chi connectivity index (χ1v) is 7.48. The summed E-state index contributed by atoms with van der Waals surface area (Å²) in [6, 6.07) is 7.63. The van der Waals surface area contributed by atoms with Gasteiger partial charge >= 0.3 is 0 Å². The molecule has 1 aromatic rings. The summed E-state index contributed by atoms with van der Waals surface area (Å²) in [5.74, 6) is -0.205. The third-order valence-corrected chi connectivity index (χ3v) is 3.52. The molecule has 1 rings (SSSR count). The largest absolute Gasteiger partial charge is 0.329 e. The number of nitrogens with two attached hydrogens (primary N) is 1. The number of anilines is 1. The Morgan fingerprint density at radius 3 is 2.50 bits per heavy atom. The van der Waals surface area contributed by atoms with Gasteiger partial charge in [-0.25, -0.2) is 13.6 Å². The van der Waals surface area contributed by atoms with Crippen LogP contribution in [0.25, 0.3) is 0 Å². The van der Waals surface area contributed by atoms with Crippen molar-refractivity contribution in [3.05, 3.63) is 24.3 Å². The van der Waals surface area contributed by atoms with Crippen LogP contribution in [0.15, 0.2) is 29.2 Å². The number of carbonyl (C=O) groups excluding carboxylic acids is 1. The van der Waals surface area contributed by atoms with Crippen LogP contribution >= 0.6 is 0 Å². The van der Waals surface area contributed by atoms with E-state index in [1.807, 2.05) is 13.1 Å². The molecule has 0 aromatic heterocycles. The van der Waals surface area contributed by atoms with Crippen LogP contribution in [0, 0.1) is 11.3 Å². The first-order valence-electron chi connectivity index (χ1n) is 5.94. The van der Waals surface area contributed by atoms with Gasteiger partial charge in [0.15, 0.2) is 6.54 Å². The number of hydrogen-bond acceptors (Lipinski definition) is 4. The van der Waals surface area contributed by atoms with Crippen molar-refractivity contribution in [2.24, 2.45) is 5.14 Å². The molecule has 0 fully saturated rings. The zero-order chi connectivity index (χ0) is 15.2. The Hall–Kier alpha value is -1.95. The lowest BCUT2D eigenvalue weighted by molar-refractivity contribution is -0.870. The van der Waals surface area contributed by atoms with Gasteiger partial charge in [-0.1, -0.05) is 0 Å². The van der Waals surface area contributed by atoms with Crippen molar-refractivity contribution in [1.29, 1.82) is 5.26 Å². The summed E-state index contributed by atoms with van der Waals surface area (Å²) < 4.78 is 22.1. The lowest BCUT2D eigenvalue weighted by Crippen LogP contribution is -3.10. The van der Waals surface area contributed by atoms with Crippen molar-refractivity contribution >= 4 is 21.6 Å². The SMILES string of the molecule is C[NH+](CCC#N)CC(=O)Nc1ccc(S(N)(=O)=O)cc1. The van der Waals surface area contributed by atoms with Crippen molar-refractivity contribution < 1.29 is 18.1 Å². The zero-order valence-corrected chi connectivity index (χ0v) is 11.9. The number of sulfonamides is 1. The Labute approximate surface area is 118 Å². The Morgan fingerprint density at radius 2 is 2.00 bits per heavy atom. The molecule has 20 heavy (non-hydrogen) atoms. The fourth-order valence-corrected chi connectivity index (χ4v) is 2.08. The van der Waals surface area contributed by atoms with Gasteiger partial charge in [0.1, 0.15) is 0 Å². The van der Waals surface area contributed by atoms with Gasteiger partial charge < -0.3 is 10.2 Å². The molecule has 1 atom stereocenters. The molecule has 4 N–H and O–H groups in total. The minimum Gasteiger partial charge on any atom is -0.329 e. The fraction of sp³-hybridized carbons (Fsp3) is 0.333. The van der Waals surface area contributed by atoms with E-state index in [1.54, 1.807) is 0 Å². The van der Waals surface area contributed by atoms with Gasteiger partial charge in [-0.05, 0) is 24.3 Å². The van der Waals surface area contributed by atoms with Gasteiger partial charge in [0, 0.05) is 5.69 Å². The van der Waals surface area contributed by atoms with E-state index in [2.05, 4.69) is 5.32 Å². The lowest BCUT2D eigenvalue weighted by Gasteiger charge is -2.12. The van der Waals surface area contributed by atoms with E-state index < -0.39 is 10.0 Å². The Bertz CT molecular complexity index is 605. The molecule has 0 spiro atoms. The summed E-state index contributed by atoms with van der Waals surface area (Å²) in [5.41, 5.74) is 0.496. The lowest BCUT2D eigenvalue weighted by atomic mass is 10.3. The van der Waals surface area contributed by atoms with Crippen LogP contribution in [0.2, 0.25) is 0 Å². The average molecular weight is 297 g/mol. The molecule has 0 saturated heterocycles. The molecule has 0 aliphatic rings. The fourth-order valence-electron chi connectivity index (χ4n) is 1.56. The van der Waals surface area contributed by atoms with Crippen LogP contribution < -0.4 is 15.4 Å². The normalized spacial score (nSPS) is 12.4. The third-order valence-electron chi connectivity index (χ3n) is 2.59. The maximum atomic E-state index is 11.7. The molecule has 0 saturated carbocycles. The molecule has 0 aliphatic heterocycles. The van der Waals surface area contributed by atoms with Gasteiger partial charge in [0.25, 0.3) is 5.91 Å². The Morgan fingerprint density at radius 1 is 1.40 bits per heavy atom. The molecule has 1 unspecified atom stereocenters. The van der Waals surface area contributed by atoms with Crippen LogP contribution in [0.5, 0.6) is 0 Å².